The Morgan fingerprint density at radius 1 is 1.25 bits per heavy atom. The highest BCUT2D eigenvalue weighted by atomic mass is 16.4. The second kappa shape index (κ2) is 4.36. The minimum Gasteiger partial charge on any atom is -0.503 e. The molecule has 0 aromatic carbocycles. The van der Waals surface area contributed by atoms with Crippen molar-refractivity contribution in [2.75, 3.05) is 6.54 Å². The standard InChI is InChI=1S/C13H14N2O5/c16-10-7(13(19)20)6-15-8-4-2-1-3-5-14(8)12(18)9(15)11(10)17/h6,8,17H,1-5H2,(H,19,20). The van der Waals surface area contributed by atoms with Gasteiger partial charge in [0.15, 0.2) is 11.4 Å². The third-order valence-electron chi connectivity index (χ3n) is 3.95. The lowest BCUT2D eigenvalue weighted by molar-refractivity contribution is 0.0692. The van der Waals surface area contributed by atoms with Crippen LogP contribution in [0.25, 0.3) is 0 Å². The highest BCUT2D eigenvalue weighted by Gasteiger charge is 2.40. The zero-order chi connectivity index (χ0) is 14.4. The molecule has 0 spiro atoms. The minimum atomic E-state index is -1.40. The van der Waals surface area contributed by atoms with Gasteiger partial charge in [-0.2, -0.15) is 0 Å². The van der Waals surface area contributed by atoms with Crippen LogP contribution in [-0.4, -0.2) is 38.1 Å². The molecule has 0 radical (unpaired) electrons. The van der Waals surface area contributed by atoms with Gasteiger partial charge in [-0.1, -0.05) is 6.42 Å². The number of hydrogen-bond donors (Lipinski definition) is 2. The van der Waals surface area contributed by atoms with E-state index in [1.165, 1.54) is 10.8 Å². The highest BCUT2D eigenvalue weighted by molar-refractivity contribution is 5.98. The van der Waals surface area contributed by atoms with Gasteiger partial charge < -0.3 is 19.7 Å². The average molecular weight is 278 g/mol. The van der Waals surface area contributed by atoms with E-state index in [2.05, 4.69) is 0 Å². The van der Waals surface area contributed by atoms with Crippen molar-refractivity contribution >= 4 is 11.9 Å². The van der Waals surface area contributed by atoms with Crippen LogP contribution in [0.3, 0.4) is 0 Å². The Kier molecular flexibility index (Phi) is 2.77. The van der Waals surface area contributed by atoms with Crippen molar-refractivity contribution in [2.45, 2.75) is 31.8 Å². The summed E-state index contributed by atoms with van der Waals surface area (Å²) in [6.45, 7) is 0.557. The van der Waals surface area contributed by atoms with Gasteiger partial charge in [-0.15, -0.1) is 0 Å². The smallest absolute Gasteiger partial charge is 0.341 e. The molecule has 1 unspecified atom stereocenters. The Morgan fingerprint density at radius 2 is 2.00 bits per heavy atom. The minimum absolute atomic E-state index is 0.0908. The van der Waals surface area contributed by atoms with Crippen LogP contribution in [0.15, 0.2) is 11.0 Å². The lowest BCUT2D eigenvalue weighted by Crippen LogP contribution is -2.28. The normalized spacial score (nSPS) is 21.3. The van der Waals surface area contributed by atoms with Crippen LogP contribution < -0.4 is 5.43 Å². The quantitative estimate of drug-likeness (QED) is 0.790. The largest absolute Gasteiger partial charge is 0.503 e. The highest BCUT2D eigenvalue weighted by Crippen LogP contribution is 2.35. The third kappa shape index (κ3) is 1.62. The lowest BCUT2D eigenvalue weighted by Gasteiger charge is -2.22. The molecule has 0 saturated carbocycles. The number of rotatable bonds is 1. The van der Waals surface area contributed by atoms with E-state index < -0.39 is 28.6 Å². The monoisotopic (exact) mass is 278 g/mol. The maximum atomic E-state index is 12.3. The molecule has 3 heterocycles. The van der Waals surface area contributed by atoms with E-state index in [-0.39, 0.29) is 11.9 Å². The van der Waals surface area contributed by atoms with Gasteiger partial charge in [0.2, 0.25) is 5.43 Å². The predicted molar refractivity (Wildman–Crippen MR) is 67.9 cm³/mol. The Labute approximate surface area is 114 Å². The molecule has 3 rings (SSSR count). The van der Waals surface area contributed by atoms with Crippen molar-refractivity contribution in [3.63, 3.8) is 0 Å². The Morgan fingerprint density at radius 3 is 2.70 bits per heavy atom. The number of hydrogen-bond acceptors (Lipinski definition) is 4. The van der Waals surface area contributed by atoms with Crippen molar-refractivity contribution < 1.29 is 19.8 Å². The first-order valence-electron chi connectivity index (χ1n) is 6.54. The number of nitrogens with zero attached hydrogens (tertiary/aromatic N) is 2. The molecule has 1 atom stereocenters. The Balaban J connectivity index is 2.22. The van der Waals surface area contributed by atoms with Gasteiger partial charge in [0.25, 0.3) is 5.91 Å². The summed E-state index contributed by atoms with van der Waals surface area (Å²) in [7, 11) is 0. The SMILES string of the molecule is O=C(O)c1cn2c(c(O)c1=O)C(=O)N1CCCCCC12. The Bertz CT molecular complexity index is 663. The van der Waals surface area contributed by atoms with E-state index in [9.17, 15) is 19.5 Å². The molecule has 1 fully saturated rings. The molecule has 20 heavy (non-hydrogen) atoms. The molecular formula is C13H14N2O5. The van der Waals surface area contributed by atoms with Crippen LogP contribution in [0.1, 0.15) is 52.7 Å². The van der Waals surface area contributed by atoms with E-state index in [1.807, 2.05) is 0 Å². The fourth-order valence-corrected chi connectivity index (χ4v) is 2.97. The first kappa shape index (κ1) is 12.7. The second-order valence-electron chi connectivity index (χ2n) is 5.11. The number of pyridine rings is 1. The van der Waals surface area contributed by atoms with E-state index in [0.29, 0.717) is 13.0 Å². The fraction of sp³-hybridized carbons (Fsp3) is 0.462. The number of fused-ring (bicyclic) bond motifs is 3. The summed E-state index contributed by atoms with van der Waals surface area (Å²) < 4.78 is 1.44. The number of amides is 1. The van der Waals surface area contributed by atoms with Crippen LogP contribution >= 0.6 is 0 Å². The molecule has 0 bridgehead atoms. The zero-order valence-corrected chi connectivity index (χ0v) is 10.7. The van der Waals surface area contributed by atoms with Gasteiger partial charge in [-0.3, -0.25) is 9.59 Å². The number of carbonyl (C=O) groups is 2. The summed E-state index contributed by atoms with van der Waals surface area (Å²) in [4.78, 5) is 36.7. The van der Waals surface area contributed by atoms with Crippen molar-refractivity contribution in [1.29, 1.82) is 0 Å². The van der Waals surface area contributed by atoms with Crippen molar-refractivity contribution in [1.82, 2.24) is 9.47 Å². The molecule has 1 aromatic rings. The number of aromatic carboxylic acids is 1. The molecule has 0 aliphatic carbocycles. The summed E-state index contributed by atoms with van der Waals surface area (Å²) in [5.74, 6) is -2.56. The molecule has 7 nitrogen and oxygen atoms in total. The topological polar surface area (TPSA) is 99.8 Å². The summed E-state index contributed by atoms with van der Waals surface area (Å²) in [6, 6.07) is 0. The first-order chi connectivity index (χ1) is 9.52. The van der Waals surface area contributed by atoms with E-state index in [1.54, 1.807) is 4.90 Å². The average Bonchev–Trinajstić information content (AvgIpc) is 2.58. The van der Waals surface area contributed by atoms with E-state index in [0.717, 1.165) is 19.3 Å². The zero-order valence-electron chi connectivity index (χ0n) is 10.7. The maximum Gasteiger partial charge on any atom is 0.341 e. The van der Waals surface area contributed by atoms with Gasteiger partial charge in [0.1, 0.15) is 11.7 Å². The van der Waals surface area contributed by atoms with Gasteiger partial charge in [0, 0.05) is 12.7 Å². The van der Waals surface area contributed by atoms with Gasteiger partial charge in [-0.25, -0.2) is 4.79 Å². The maximum absolute atomic E-state index is 12.3. The first-order valence-corrected chi connectivity index (χ1v) is 6.54. The Hall–Kier alpha value is -2.31. The molecule has 2 aliphatic heterocycles. The van der Waals surface area contributed by atoms with Crippen molar-refractivity contribution in [2.24, 2.45) is 0 Å². The van der Waals surface area contributed by atoms with Gasteiger partial charge in [-0.05, 0) is 19.3 Å². The van der Waals surface area contributed by atoms with Gasteiger partial charge >= 0.3 is 5.97 Å². The summed E-state index contributed by atoms with van der Waals surface area (Å²) >= 11 is 0. The predicted octanol–water partition coefficient (Wildman–Crippen LogP) is 0.780. The summed E-state index contributed by atoms with van der Waals surface area (Å²) in [5.41, 5.74) is -1.60. The van der Waals surface area contributed by atoms with Crippen LogP contribution in [0.5, 0.6) is 5.75 Å². The third-order valence-corrected chi connectivity index (χ3v) is 3.95. The van der Waals surface area contributed by atoms with E-state index >= 15 is 0 Å². The number of aromatic hydroxyl groups is 1. The molecule has 2 aliphatic rings. The summed E-state index contributed by atoms with van der Waals surface area (Å²) in [5, 5.41) is 18.9. The lowest BCUT2D eigenvalue weighted by atomic mass is 10.2. The van der Waals surface area contributed by atoms with Crippen molar-refractivity contribution in [3.05, 3.63) is 27.7 Å². The number of carboxylic acids is 1. The van der Waals surface area contributed by atoms with Gasteiger partial charge in [0.05, 0.1) is 0 Å². The van der Waals surface area contributed by atoms with E-state index in [4.69, 9.17) is 5.11 Å². The number of aromatic nitrogens is 1. The van der Waals surface area contributed by atoms with Crippen LogP contribution in [0, 0.1) is 0 Å². The summed E-state index contributed by atoms with van der Waals surface area (Å²) in [6.07, 6.45) is 4.36. The molecule has 2 N–H and O–H groups in total. The number of carbonyl (C=O) groups excluding carboxylic acids is 1. The second-order valence-corrected chi connectivity index (χ2v) is 5.11. The molecule has 1 saturated heterocycles. The number of carboxylic acid groups (broad SMARTS) is 1. The molecule has 1 aromatic heterocycles. The molecule has 106 valence electrons. The van der Waals surface area contributed by atoms with Crippen LogP contribution in [0.2, 0.25) is 0 Å². The van der Waals surface area contributed by atoms with Crippen LogP contribution in [0.4, 0.5) is 0 Å². The molecule has 1 amide bonds. The van der Waals surface area contributed by atoms with Crippen LogP contribution in [-0.2, 0) is 0 Å². The molecular weight excluding hydrogens is 264 g/mol. The molecule has 7 heteroatoms. The van der Waals surface area contributed by atoms with Crippen molar-refractivity contribution in [3.8, 4) is 5.75 Å². The fourth-order valence-electron chi connectivity index (χ4n) is 2.97.